The molecular weight excluding hydrogens is 222 g/mol. The molecule has 0 spiro atoms. The molecule has 1 aliphatic rings. The molecule has 1 aliphatic heterocycles. The van der Waals surface area contributed by atoms with Gasteiger partial charge in [-0.2, -0.15) is 5.26 Å². The van der Waals surface area contributed by atoms with Crippen molar-refractivity contribution in [3.8, 4) is 6.07 Å². The number of nitrogens with zero attached hydrogens (tertiary/aromatic N) is 2. The molecule has 1 N–H and O–H groups in total. The smallest absolute Gasteiger partial charge is 0.199 e. The monoisotopic (exact) mass is 230 g/mol. The maximum Gasteiger partial charge on any atom is 0.199 e. The Morgan fingerprint density at radius 3 is 2.94 bits per heavy atom. The van der Waals surface area contributed by atoms with Crippen molar-refractivity contribution < 1.29 is 14.6 Å². The number of ether oxygens (including phenoxy) is 1. The van der Waals surface area contributed by atoms with Crippen LogP contribution in [-0.2, 0) is 9.53 Å². The SMILES string of the molecule is N#CC1C(=N)OC(C(=O)[O-])C1c1cccnc1. The van der Waals surface area contributed by atoms with Gasteiger partial charge in [-0.3, -0.25) is 10.4 Å². The molecule has 6 heteroatoms. The summed E-state index contributed by atoms with van der Waals surface area (Å²) in [5.41, 5.74) is 0.551. The fraction of sp³-hybridized carbons (Fsp3) is 0.273. The molecule has 1 saturated heterocycles. The second-order valence-corrected chi connectivity index (χ2v) is 3.64. The molecular formula is C11H8N3O3-. The number of aliphatic carboxylic acids is 1. The Hall–Kier alpha value is -2.42. The summed E-state index contributed by atoms with van der Waals surface area (Å²) < 4.78 is 4.86. The van der Waals surface area contributed by atoms with Crippen LogP contribution in [0.2, 0.25) is 0 Å². The van der Waals surface area contributed by atoms with Gasteiger partial charge in [0.15, 0.2) is 5.90 Å². The Bertz CT molecular complexity index is 494. The van der Waals surface area contributed by atoms with Gasteiger partial charge in [-0.05, 0) is 11.6 Å². The van der Waals surface area contributed by atoms with E-state index in [0.717, 1.165) is 0 Å². The van der Waals surface area contributed by atoms with Crippen molar-refractivity contribution in [2.45, 2.75) is 12.0 Å². The van der Waals surface area contributed by atoms with E-state index in [1.807, 2.05) is 6.07 Å². The molecule has 2 heterocycles. The number of carbonyl (C=O) groups excluding carboxylic acids is 1. The molecule has 0 radical (unpaired) electrons. The fourth-order valence-electron chi connectivity index (χ4n) is 1.90. The maximum atomic E-state index is 10.9. The number of nitriles is 1. The summed E-state index contributed by atoms with van der Waals surface area (Å²) >= 11 is 0. The van der Waals surface area contributed by atoms with Crippen molar-refractivity contribution in [3.05, 3.63) is 30.1 Å². The normalized spacial score (nSPS) is 27.2. The first-order chi connectivity index (χ1) is 8.15. The molecule has 1 fully saturated rings. The third kappa shape index (κ3) is 1.83. The molecule has 0 aliphatic carbocycles. The first-order valence-electron chi connectivity index (χ1n) is 4.90. The minimum atomic E-state index is -1.43. The predicted molar refractivity (Wildman–Crippen MR) is 53.7 cm³/mol. The standard InChI is InChI=1S/C11H9N3O3/c12-4-7-8(6-2-1-3-14-5-6)9(11(15)16)17-10(7)13/h1-3,5,7-9,13H,(H,15,16)/p-1. The van der Waals surface area contributed by atoms with Crippen molar-refractivity contribution >= 4 is 11.9 Å². The topological polar surface area (TPSA) is 110 Å². The minimum absolute atomic E-state index is 0.337. The van der Waals surface area contributed by atoms with Crippen molar-refractivity contribution in [2.24, 2.45) is 5.92 Å². The van der Waals surface area contributed by atoms with Crippen LogP contribution < -0.4 is 5.11 Å². The number of carboxylic acids is 1. The summed E-state index contributed by atoms with van der Waals surface area (Å²) in [7, 11) is 0. The molecule has 0 saturated carbocycles. The highest BCUT2D eigenvalue weighted by Crippen LogP contribution is 2.36. The number of carboxylic acid groups (broad SMARTS) is 1. The van der Waals surface area contributed by atoms with Crippen LogP contribution in [0.1, 0.15) is 11.5 Å². The molecule has 3 unspecified atom stereocenters. The van der Waals surface area contributed by atoms with Crippen LogP contribution in [0.15, 0.2) is 24.5 Å². The van der Waals surface area contributed by atoms with Gasteiger partial charge in [0.2, 0.25) is 0 Å². The van der Waals surface area contributed by atoms with E-state index in [9.17, 15) is 9.90 Å². The third-order valence-electron chi connectivity index (χ3n) is 2.66. The zero-order chi connectivity index (χ0) is 12.4. The number of carbonyl (C=O) groups is 1. The molecule has 1 aromatic heterocycles. The Labute approximate surface area is 97.0 Å². The highest BCUT2D eigenvalue weighted by molar-refractivity contribution is 5.88. The predicted octanol–water partition coefficient (Wildman–Crippen LogP) is -0.569. The number of hydrogen-bond acceptors (Lipinski definition) is 6. The van der Waals surface area contributed by atoms with E-state index in [-0.39, 0.29) is 5.90 Å². The van der Waals surface area contributed by atoms with E-state index < -0.39 is 23.9 Å². The van der Waals surface area contributed by atoms with Crippen molar-refractivity contribution in [1.29, 1.82) is 10.7 Å². The average Bonchev–Trinajstić information content (AvgIpc) is 2.67. The molecule has 3 atom stereocenters. The van der Waals surface area contributed by atoms with Gasteiger partial charge in [0.1, 0.15) is 12.0 Å². The van der Waals surface area contributed by atoms with Gasteiger partial charge in [-0.1, -0.05) is 6.07 Å². The Balaban J connectivity index is 2.43. The van der Waals surface area contributed by atoms with Crippen LogP contribution in [0.4, 0.5) is 0 Å². The molecule has 2 rings (SSSR count). The van der Waals surface area contributed by atoms with Gasteiger partial charge in [0.25, 0.3) is 0 Å². The van der Waals surface area contributed by atoms with Crippen LogP contribution >= 0.6 is 0 Å². The zero-order valence-electron chi connectivity index (χ0n) is 8.66. The van der Waals surface area contributed by atoms with Crippen LogP contribution in [0.3, 0.4) is 0 Å². The van der Waals surface area contributed by atoms with Gasteiger partial charge in [-0.15, -0.1) is 0 Å². The summed E-state index contributed by atoms with van der Waals surface area (Å²) in [6.45, 7) is 0. The lowest BCUT2D eigenvalue weighted by Crippen LogP contribution is -2.39. The van der Waals surface area contributed by atoms with Gasteiger partial charge in [0, 0.05) is 12.4 Å². The van der Waals surface area contributed by atoms with Crippen LogP contribution in [0.5, 0.6) is 0 Å². The second kappa shape index (κ2) is 4.22. The summed E-state index contributed by atoms with van der Waals surface area (Å²) in [6, 6.07) is 5.17. The van der Waals surface area contributed by atoms with E-state index in [2.05, 4.69) is 4.98 Å². The Kier molecular flexibility index (Phi) is 2.75. The molecule has 86 valence electrons. The van der Waals surface area contributed by atoms with Crippen molar-refractivity contribution in [3.63, 3.8) is 0 Å². The number of pyridine rings is 1. The van der Waals surface area contributed by atoms with E-state index in [4.69, 9.17) is 15.4 Å². The maximum absolute atomic E-state index is 10.9. The van der Waals surface area contributed by atoms with E-state index in [1.165, 1.54) is 6.20 Å². The minimum Gasteiger partial charge on any atom is -0.546 e. The Morgan fingerprint density at radius 2 is 2.41 bits per heavy atom. The highest BCUT2D eigenvalue weighted by atomic mass is 16.5. The van der Waals surface area contributed by atoms with Crippen molar-refractivity contribution in [1.82, 2.24) is 4.98 Å². The summed E-state index contributed by atoms with van der Waals surface area (Å²) in [4.78, 5) is 14.8. The molecule has 6 nitrogen and oxygen atoms in total. The summed E-state index contributed by atoms with van der Waals surface area (Å²) in [5, 5.41) is 27.3. The summed E-state index contributed by atoms with van der Waals surface area (Å²) in [5.74, 6) is -3.43. The fourth-order valence-corrected chi connectivity index (χ4v) is 1.90. The number of rotatable bonds is 2. The molecule has 0 bridgehead atoms. The average molecular weight is 230 g/mol. The van der Waals surface area contributed by atoms with Crippen LogP contribution in [0.25, 0.3) is 0 Å². The largest absolute Gasteiger partial charge is 0.546 e. The van der Waals surface area contributed by atoms with E-state index in [0.29, 0.717) is 5.56 Å². The quantitative estimate of drug-likeness (QED) is 0.731. The lowest BCUT2D eigenvalue weighted by atomic mass is 9.85. The molecule has 0 amide bonds. The van der Waals surface area contributed by atoms with E-state index in [1.54, 1.807) is 18.3 Å². The van der Waals surface area contributed by atoms with Gasteiger partial charge in [-0.25, -0.2) is 0 Å². The molecule has 17 heavy (non-hydrogen) atoms. The number of aromatic nitrogens is 1. The first kappa shape index (κ1) is 11.1. The van der Waals surface area contributed by atoms with Gasteiger partial charge in [0.05, 0.1) is 18.0 Å². The lowest BCUT2D eigenvalue weighted by Gasteiger charge is -2.19. The van der Waals surface area contributed by atoms with E-state index >= 15 is 0 Å². The lowest BCUT2D eigenvalue weighted by molar-refractivity contribution is -0.314. The first-order valence-corrected chi connectivity index (χ1v) is 4.90. The molecule has 1 aromatic rings. The molecule has 0 aromatic carbocycles. The Morgan fingerprint density at radius 1 is 1.65 bits per heavy atom. The van der Waals surface area contributed by atoms with Crippen LogP contribution in [0, 0.1) is 22.7 Å². The van der Waals surface area contributed by atoms with Gasteiger partial charge >= 0.3 is 0 Å². The number of hydrogen-bond donors (Lipinski definition) is 1. The second-order valence-electron chi connectivity index (χ2n) is 3.64. The third-order valence-corrected chi connectivity index (χ3v) is 2.66. The zero-order valence-corrected chi connectivity index (χ0v) is 8.66. The van der Waals surface area contributed by atoms with Crippen LogP contribution in [-0.4, -0.2) is 23.0 Å². The van der Waals surface area contributed by atoms with Gasteiger partial charge < -0.3 is 14.6 Å². The summed E-state index contributed by atoms with van der Waals surface area (Å²) in [6.07, 6.45) is 1.70. The van der Waals surface area contributed by atoms with Crippen molar-refractivity contribution in [2.75, 3.05) is 0 Å². The number of nitrogens with one attached hydrogen (secondary N) is 1. The highest BCUT2D eigenvalue weighted by Gasteiger charge is 2.44.